The van der Waals surface area contributed by atoms with Gasteiger partial charge in [-0.15, -0.1) is 0 Å². The number of anilines is 2. The fourth-order valence-electron chi connectivity index (χ4n) is 6.88. The van der Waals surface area contributed by atoms with E-state index in [4.69, 9.17) is 0 Å². The van der Waals surface area contributed by atoms with E-state index in [2.05, 4.69) is 129 Å². The van der Waals surface area contributed by atoms with Gasteiger partial charge < -0.3 is 9.80 Å². The summed E-state index contributed by atoms with van der Waals surface area (Å²) in [5, 5.41) is 0. The van der Waals surface area contributed by atoms with E-state index in [0.29, 0.717) is 5.71 Å². The molecule has 2 heterocycles. The largest absolute Gasteiger partial charge is 0.347 e. The van der Waals surface area contributed by atoms with Crippen molar-refractivity contribution in [3.05, 3.63) is 137 Å². The van der Waals surface area contributed by atoms with Gasteiger partial charge in [0.05, 0.1) is 10.6 Å². The van der Waals surface area contributed by atoms with Gasteiger partial charge in [0.25, 0.3) is 10.0 Å². The monoisotopic (exact) mass is 589 g/mol. The molecule has 43 heavy (non-hydrogen) atoms. The van der Waals surface area contributed by atoms with E-state index in [1.165, 1.54) is 22.5 Å². The van der Waals surface area contributed by atoms with Crippen molar-refractivity contribution in [2.75, 3.05) is 23.9 Å². The predicted molar refractivity (Wildman–Crippen MR) is 178 cm³/mol. The molecule has 3 aromatic rings. The van der Waals surface area contributed by atoms with E-state index in [-0.39, 0.29) is 15.7 Å². The minimum atomic E-state index is -3.89. The molecule has 2 aliphatic heterocycles. The number of nitrogens with zero attached hydrogens (tertiary/aromatic N) is 3. The van der Waals surface area contributed by atoms with E-state index in [1.807, 2.05) is 6.07 Å². The van der Waals surface area contributed by atoms with Crippen LogP contribution in [0.1, 0.15) is 51.7 Å². The first-order chi connectivity index (χ1) is 20.4. The van der Waals surface area contributed by atoms with Gasteiger partial charge in [-0.05, 0) is 71.5 Å². The highest BCUT2D eigenvalue weighted by Crippen LogP contribution is 2.48. The molecule has 0 saturated heterocycles. The van der Waals surface area contributed by atoms with Gasteiger partial charge in [-0.25, -0.2) is 0 Å². The number of likely N-dealkylation sites (N-methyl/N-ethyl adjacent to an activating group) is 2. The number of allylic oxidation sites excluding steroid dienone is 8. The maximum absolute atomic E-state index is 13.5. The molecule has 0 amide bonds. The minimum absolute atomic E-state index is 0.175. The summed E-state index contributed by atoms with van der Waals surface area (Å²) in [4.78, 5) is 4.66. The third-order valence-corrected chi connectivity index (χ3v) is 10.6. The van der Waals surface area contributed by atoms with E-state index in [0.717, 1.165) is 35.4 Å². The molecule has 3 aromatic carbocycles. The van der Waals surface area contributed by atoms with Crippen molar-refractivity contribution in [3.63, 3.8) is 0 Å². The fourth-order valence-corrected chi connectivity index (χ4v) is 7.96. The van der Waals surface area contributed by atoms with Crippen molar-refractivity contribution in [2.45, 2.75) is 56.3 Å². The molecular formula is C37H39N3O2S. The molecule has 0 atom stereocenters. The number of fused-ring (bicyclic) bond motifs is 2. The van der Waals surface area contributed by atoms with Gasteiger partial charge in [0.15, 0.2) is 0 Å². The Morgan fingerprint density at radius 1 is 0.628 bits per heavy atom. The molecule has 1 aliphatic carbocycles. The van der Waals surface area contributed by atoms with E-state index in [9.17, 15) is 8.42 Å². The lowest BCUT2D eigenvalue weighted by Gasteiger charge is -2.24. The molecule has 5 nitrogen and oxygen atoms in total. The summed E-state index contributed by atoms with van der Waals surface area (Å²) in [6, 6.07) is 25.4. The van der Waals surface area contributed by atoms with E-state index >= 15 is 0 Å². The minimum Gasteiger partial charge on any atom is -0.347 e. The third-order valence-electron chi connectivity index (χ3n) is 9.29. The van der Waals surface area contributed by atoms with Crippen molar-refractivity contribution in [3.8, 4) is 0 Å². The van der Waals surface area contributed by atoms with Crippen molar-refractivity contribution in [1.29, 1.82) is 0 Å². The first kappa shape index (κ1) is 28.9. The molecule has 6 rings (SSSR count). The lowest BCUT2D eigenvalue weighted by molar-refractivity contribution is 0.598. The van der Waals surface area contributed by atoms with Gasteiger partial charge in [-0.2, -0.15) is 12.8 Å². The molecule has 0 bridgehead atoms. The first-order valence-corrected chi connectivity index (χ1v) is 16.3. The average molecular weight is 590 g/mol. The van der Waals surface area contributed by atoms with Gasteiger partial charge in [0.2, 0.25) is 0 Å². The Hall–Kier alpha value is -4.16. The second-order valence-corrected chi connectivity index (χ2v) is 14.2. The second kappa shape index (κ2) is 10.5. The molecular weight excluding hydrogens is 550 g/mol. The molecule has 0 aromatic heterocycles. The molecule has 220 valence electrons. The number of para-hydroxylation sites is 2. The Labute approximate surface area is 256 Å². The van der Waals surface area contributed by atoms with Crippen LogP contribution in [0, 0.1) is 0 Å². The fraction of sp³-hybridized carbons (Fsp3) is 0.270. The SMILES string of the molecule is CN1C(=CC=C2CCC(=CC=C3N(C)c4ccccc4C3(C)C)C2=NS(=O)(=O)c2ccccc2)C(C)(C)c2ccccc21. The summed E-state index contributed by atoms with van der Waals surface area (Å²) in [6.45, 7) is 8.94. The molecule has 6 heteroatoms. The molecule has 0 spiro atoms. The van der Waals surface area contributed by atoms with Gasteiger partial charge in [-0.3, -0.25) is 0 Å². The lowest BCUT2D eigenvalue weighted by atomic mass is 9.83. The Kier molecular flexibility index (Phi) is 7.09. The topological polar surface area (TPSA) is 53.0 Å². The summed E-state index contributed by atoms with van der Waals surface area (Å²) in [5.74, 6) is 0. The van der Waals surface area contributed by atoms with Crippen molar-refractivity contribution in [1.82, 2.24) is 0 Å². The van der Waals surface area contributed by atoms with Gasteiger partial charge in [0, 0.05) is 47.7 Å². The summed E-state index contributed by atoms with van der Waals surface area (Å²) >= 11 is 0. The maximum atomic E-state index is 13.5. The number of rotatable bonds is 4. The van der Waals surface area contributed by atoms with Crippen LogP contribution in [-0.2, 0) is 20.9 Å². The standard InChI is InChI=1S/C37H39N3O2S/c1-36(2)29-16-10-12-18-31(29)39(5)33(36)24-22-26-20-21-27(35(26)38-43(41,42)28-14-8-7-9-15-28)23-25-34-37(3,4)30-17-11-13-19-32(30)40(34)6/h7-19,22-25H,20-21H2,1-6H3. The van der Waals surface area contributed by atoms with Crippen molar-refractivity contribution < 1.29 is 8.42 Å². The zero-order chi connectivity index (χ0) is 30.6. The zero-order valence-electron chi connectivity index (χ0n) is 25.8. The Morgan fingerprint density at radius 2 is 1.05 bits per heavy atom. The van der Waals surface area contributed by atoms with Gasteiger partial charge >= 0.3 is 0 Å². The van der Waals surface area contributed by atoms with Gasteiger partial charge in [-0.1, -0.05) is 94.4 Å². The van der Waals surface area contributed by atoms with Crippen LogP contribution in [0.3, 0.4) is 0 Å². The molecule has 1 fully saturated rings. The van der Waals surface area contributed by atoms with Crippen LogP contribution >= 0.6 is 0 Å². The lowest BCUT2D eigenvalue weighted by Crippen LogP contribution is -2.22. The average Bonchev–Trinajstić information content (AvgIpc) is 3.52. The summed E-state index contributed by atoms with van der Waals surface area (Å²) < 4.78 is 31.5. The Balaban J connectivity index is 1.44. The van der Waals surface area contributed by atoms with Crippen LogP contribution in [0.25, 0.3) is 0 Å². The van der Waals surface area contributed by atoms with Crippen LogP contribution in [0.15, 0.2) is 135 Å². The summed E-state index contributed by atoms with van der Waals surface area (Å²) in [7, 11) is 0.293. The molecule has 3 aliphatic rings. The number of sulfonamides is 1. The highest BCUT2D eigenvalue weighted by atomic mass is 32.2. The van der Waals surface area contributed by atoms with Crippen LogP contribution in [-0.4, -0.2) is 28.2 Å². The van der Waals surface area contributed by atoms with E-state index in [1.54, 1.807) is 24.3 Å². The van der Waals surface area contributed by atoms with Crippen LogP contribution in [0.5, 0.6) is 0 Å². The highest BCUT2D eigenvalue weighted by Gasteiger charge is 2.39. The number of benzene rings is 3. The zero-order valence-corrected chi connectivity index (χ0v) is 26.6. The third kappa shape index (κ3) is 4.88. The predicted octanol–water partition coefficient (Wildman–Crippen LogP) is 8.09. The molecule has 0 N–H and O–H groups in total. The van der Waals surface area contributed by atoms with Crippen LogP contribution in [0.4, 0.5) is 11.4 Å². The first-order valence-electron chi connectivity index (χ1n) is 14.8. The Morgan fingerprint density at radius 3 is 1.49 bits per heavy atom. The maximum Gasteiger partial charge on any atom is 0.282 e. The summed E-state index contributed by atoms with van der Waals surface area (Å²) in [6.07, 6.45) is 9.89. The molecule has 0 unspecified atom stereocenters. The summed E-state index contributed by atoms with van der Waals surface area (Å²) in [5.41, 5.74) is 9.34. The highest BCUT2D eigenvalue weighted by molar-refractivity contribution is 7.90. The smallest absolute Gasteiger partial charge is 0.282 e. The number of hydrogen-bond acceptors (Lipinski definition) is 4. The molecule has 0 radical (unpaired) electrons. The van der Waals surface area contributed by atoms with Crippen LogP contribution < -0.4 is 9.80 Å². The number of hydrogen-bond donors (Lipinski definition) is 0. The van der Waals surface area contributed by atoms with Gasteiger partial charge in [0.1, 0.15) is 0 Å². The van der Waals surface area contributed by atoms with E-state index < -0.39 is 10.0 Å². The quantitative estimate of drug-likeness (QED) is 0.309. The normalized spacial score (nSPS) is 22.6. The van der Waals surface area contributed by atoms with Crippen molar-refractivity contribution in [2.24, 2.45) is 4.40 Å². The second-order valence-electron chi connectivity index (χ2n) is 12.6. The molecule has 1 saturated carbocycles. The van der Waals surface area contributed by atoms with Crippen molar-refractivity contribution >= 4 is 27.1 Å². The Bertz CT molecular complexity index is 1760. The van der Waals surface area contributed by atoms with Crippen LogP contribution in [0.2, 0.25) is 0 Å².